The van der Waals surface area contributed by atoms with Gasteiger partial charge in [-0.2, -0.15) is 0 Å². The van der Waals surface area contributed by atoms with Crippen molar-refractivity contribution < 1.29 is 19.6 Å². The van der Waals surface area contributed by atoms with Gasteiger partial charge < -0.3 is 9.84 Å². The van der Waals surface area contributed by atoms with Crippen LogP contribution in [0.25, 0.3) is 0 Å². The number of nitro benzene ring substituents is 1. The molecule has 0 saturated heterocycles. The molecule has 0 amide bonds. The normalized spacial score (nSPS) is 10.1. The molecule has 0 aliphatic heterocycles. The average Bonchev–Trinajstić information content (AvgIpc) is 2.45. The molecular formula is C14H10ClNO5. The van der Waals surface area contributed by atoms with Crippen LogP contribution in [0.15, 0.2) is 42.5 Å². The van der Waals surface area contributed by atoms with Crippen LogP contribution in [-0.2, 0) is 6.61 Å². The van der Waals surface area contributed by atoms with Crippen LogP contribution >= 0.6 is 11.6 Å². The molecule has 0 unspecified atom stereocenters. The smallest absolute Gasteiger partial charge is 0.335 e. The monoisotopic (exact) mass is 307 g/mol. The maximum absolute atomic E-state index is 10.9. The fourth-order valence-electron chi connectivity index (χ4n) is 1.66. The maximum atomic E-state index is 10.9. The highest BCUT2D eigenvalue weighted by Gasteiger charge is 2.15. The first-order valence-electron chi connectivity index (χ1n) is 5.86. The van der Waals surface area contributed by atoms with Gasteiger partial charge in [-0.15, -0.1) is 0 Å². The summed E-state index contributed by atoms with van der Waals surface area (Å²) in [6.07, 6.45) is 0. The van der Waals surface area contributed by atoms with E-state index in [0.717, 1.165) is 0 Å². The average molecular weight is 308 g/mol. The number of carbonyl (C=O) groups is 1. The molecule has 2 aromatic carbocycles. The minimum Gasteiger partial charge on any atom is -0.482 e. The standard InChI is InChI=1S/C14H10ClNO5/c15-11-5-6-12(16(19)20)13(7-11)21-8-9-1-3-10(4-2-9)14(17)18/h1-7H,8H2,(H,17,18). The molecule has 6 nitrogen and oxygen atoms in total. The molecule has 0 saturated carbocycles. The third-order valence-corrected chi connectivity index (χ3v) is 2.95. The second-order valence-electron chi connectivity index (χ2n) is 4.16. The molecule has 7 heteroatoms. The van der Waals surface area contributed by atoms with Gasteiger partial charge in [-0.25, -0.2) is 4.79 Å². The van der Waals surface area contributed by atoms with Crippen LogP contribution in [0, 0.1) is 10.1 Å². The summed E-state index contributed by atoms with van der Waals surface area (Å²) in [7, 11) is 0. The Kier molecular flexibility index (Phi) is 4.39. The SMILES string of the molecule is O=C(O)c1ccc(COc2cc(Cl)ccc2[N+](=O)[O-])cc1. The predicted octanol–water partition coefficient (Wildman–Crippen LogP) is 3.53. The molecule has 2 rings (SSSR count). The summed E-state index contributed by atoms with van der Waals surface area (Å²) in [4.78, 5) is 21.1. The van der Waals surface area contributed by atoms with E-state index >= 15 is 0 Å². The van der Waals surface area contributed by atoms with Crippen LogP contribution < -0.4 is 4.74 Å². The molecule has 21 heavy (non-hydrogen) atoms. The van der Waals surface area contributed by atoms with E-state index in [1.54, 1.807) is 12.1 Å². The molecule has 0 aliphatic carbocycles. The van der Waals surface area contributed by atoms with Crippen molar-refractivity contribution in [2.24, 2.45) is 0 Å². The molecule has 0 aliphatic rings. The fourth-order valence-corrected chi connectivity index (χ4v) is 1.82. The van der Waals surface area contributed by atoms with E-state index in [1.807, 2.05) is 0 Å². The zero-order chi connectivity index (χ0) is 15.4. The van der Waals surface area contributed by atoms with Gasteiger partial charge in [-0.1, -0.05) is 23.7 Å². The number of carboxylic acids is 1. The maximum Gasteiger partial charge on any atom is 0.335 e. The van der Waals surface area contributed by atoms with Crippen LogP contribution in [0.1, 0.15) is 15.9 Å². The zero-order valence-corrected chi connectivity index (χ0v) is 11.4. The van der Waals surface area contributed by atoms with Crippen LogP contribution in [0.3, 0.4) is 0 Å². The summed E-state index contributed by atoms with van der Waals surface area (Å²) in [5, 5.41) is 20.0. The minimum absolute atomic E-state index is 0.0646. The zero-order valence-electron chi connectivity index (χ0n) is 10.7. The van der Waals surface area contributed by atoms with Crippen molar-refractivity contribution in [2.75, 3.05) is 0 Å². The summed E-state index contributed by atoms with van der Waals surface area (Å²) in [6.45, 7) is 0.0705. The van der Waals surface area contributed by atoms with Crippen molar-refractivity contribution in [1.82, 2.24) is 0 Å². The Morgan fingerprint density at radius 3 is 2.48 bits per heavy atom. The molecule has 1 N–H and O–H groups in total. The Morgan fingerprint density at radius 1 is 1.24 bits per heavy atom. The first-order valence-corrected chi connectivity index (χ1v) is 6.24. The first kappa shape index (κ1) is 14.8. The van der Waals surface area contributed by atoms with Crippen LogP contribution in [0.2, 0.25) is 5.02 Å². The van der Waals surface area contributed by atoms with Crippen molar-refractivity contribution in [2.45, 2.75) is 6.61 Å². The van der Waals surface area contributed by atoms with Gasteiger partial charge in [-0.05, 0) is 23.8 Å². The molecule has 0 atom stereocenters. The van der Waals surface area contributed by atoms with Crippen LogP contribution in [-0.4, -0.2) is 16.0 Å². The van der Waals surface area contributed by atoms with Gasteiger partial charge in [0.05, 0.1) is 10.5 Å². The summed E-state index contributed by atoms with van der Waals surface area (Å²) in [5.41, 5.74) is 0.670. The van der Waals surface area contributed by atoms with Gasteiger partial charge in [-0.3, -0.25) is 10.1 Å². The van der Waals surface area contributed by atoms with Crippen molar-refractivity contribution in [1.29, 1.82) is 0 Å². The summed E-state index contributed by atoms with van der Waals surface area (Å²) >= 11 is 5.79. The second kappa shape index (κ2) is 6.23. The van der Waals surface area contributed by atoms with E-state index < -0.39 is 10.9 Å². The van der Waals surface area contributed by atoms with Crippen LogP contribution in [0.5, 0.6) is 5.75 Å². The molecule has 0 radical (unpaired) electrons. The summed E-state index contributed by atoms with van der Waals surface area (Å²) in [6, 6.07) is 10.1. The number of carboxylic acid groups (broad SMARTS) is 1. The summed E-state index contributed by atoms with van der Waals surface area (Å²) < 4.78 is 5.39. The van der Waals surface area contributed by atoms with Crippen LogP contribution in [0.4, 0.5) is 5.69 Å². The van der Waals surface area contributed by atoms with Gasteiger partial charge >= 0.3 is 11.7 Å². The number of benzene rings is 2. The van der Waals surface area contributed by atoms with Gasteiger partial charge in [0.1, 0.15) is 6.61 Å². The molecule has 0 fully saturated rings. The predicted molar refractivity (Wildman–Crippen MR) is 75.8 cm³/mol. The molecule has 0 spiro atoms. The number of ether oxygens (including phenoxy) is 1. The van der Waals surface area contributed by atoms with E-state index in [9.17, 15) is 14.9 Å². The summed E-state index contributed by atoms with van der Waals surface area (Å²) in [5.74, 6) is -0.956. The van der Waals surface area contributed by atoms with Crippen molar-refractivity contribution >= 4 is 23.3 Å². The third kappa shape index (κ3) is 3.70. The second-order valence-corrected chi connectivity index (χ2v) is 4.60. The number of nitro groups is 1. The molecular weight excluding hydrogens is 298 g/mol. The van der Waals surface area contributed by atoms with E-state index in [4.69, 9.17) is 21.4 Å². The number of hydrogen-bond donors (Lipinski definition) is 1. The Labute approximate surface area is 124 Å². The van der Waals surface area contributed by atoms with Gasteiger partial charge in [0, 0.05) is 17.2 Å². The highest BCUT2D eigenvalue weighted by molar-refractivity contribution is 6.30. The van der Waals surface area contributed by atoms with E-state index in [0.29, 0.717) is 10.6 Å². The van der Waals surface area contributed by atoms with Gasteiger partial charge in [0.15, 0.2) is 5.75 Å². The Hall–Kier alpha value is -2.60. The van der Waals surface area contributed by atoms with Crippen molar-refractivity contribution in [3.8, 4) is 5.75 Å². The van der Waals surface area contributed by atoms with E-state index in [-0.39, 0.29) is 23.6 Å². The lowest BCUT2D eigenvalue weighted by Crippen LogP contribution is -2.00. The molecule has 0 bridgehead atoms. The Bertz CT molecular complexity index is 684. The highest BCUT2D eigenvalue weighted by Crippen LogP contribution is 2.30. The van der Waals surface area contributed by atoms with Gasteiger partial charge in [0.25, 0.3) is 0 Å². The number of halogens is 1. The minimum atomic E-state index is -1.02. The fraction of sp³-hybridized carbons (Fsp3) is 0.0714. The quantitative estimate of drug-likeness (QED) is 0.674. The Morgan fingerprint density at radius 2 is 1.90 bits per heavy atom. The van der Waals surface area contributed by atoms with Crippen molar-refractivity contribution in [3.05, 3.63) is 68.7 Å². The third-order valence-electron chi connectivity index (χ3n) is 2.71. The highest BCUT2D eigenvalue weighted by atomic mass is 35.5. The number of hydrogen-bond acceptors (Lipinski definition) is 4. The topological polar surface area (TPSA) is 89.7 Å². The van der Waals surface area contributed by atoms with Crippen molar-refractivity contribution in [3.63, 3.8) is 0 Å². The molecule has 2 aromatic rings. The molecule has 0 aromatic heterocycles. The lowest BCUT2D eigenvalue weighted by Gasteiger charge is -2.07. The van der Waals surface area contributed by atoms with E-state index in [2.05, 4.69) is 0 Å². The number of rotatable bonds is 5. The van der Waals surface area contributed by atoms with Gasteiger partial charge in [0.2, 0.25) is 0 Å². The first-order chi connectivity index (χ1) is 9.97. The molecule has 108 valence electrons. The number of aromatic carboxylic acids is 1. The lowest BCUT2D eigenvalue weighted by molar-refractivity contribution is -0.385. The molecule has 0 heterocycles. The largest absolute Gasteiger partial charge is 0.482 e. The van der Waals surface area contributed by atoms with E-state index in [1.165, 1.54) is 30.3 Å². The lowest BCUT2D eigenvalue weighted by atomic mass is 10.1. The number of nitrogens with zero attached hydrogens (tertiary/aromatic N) is 1. The Balaban J connectivity index is 2.14.